The van der Waals surface area contributed by atoms with Crippen LogP contribution in [-0.4, -0.2) is 76.9 Å². The predicted octanol–water partition coefficient (Wildman–Crippen LogP) is 5.79. The topological polar surface area (TPSA) is 146 Å². The molecule has 0 radical (unpaired) electrons. The van der Waals surface area contributed by atoms with Crippen molar-refractivity contribution in [2.75, 3.05) is 13.1 Å². The van der Waals surface area contributed by atoms with Crippen molar-refractivity contribution in [3.8, 4) is 0 Å². The average molecular weight is 729 g/mol. The van der Waals surface area contributed by atoms with Crippen molar-refractivity contribution in [2.45, 2.75) is 103 Å². The average Bonchev–Trinajstić information content (AvgIpc) is 3.12. The van der Waals surface area contributed by atoms with Crippen molar-refractivity contribution in [1.29, 1.82) is 0 Å². The van der Waals surface area contributed by atoms with Gasteiger partial charge in [0.2, 0.25) is 11.8 Å². The number of hydrogen-bond acceptors (Lipinski definition) is 7. The van der Waals surface area contributed by atoms with Crippen molar-refractivity contribution < 1.29 is 33.8 Å². The van der Waals surface area contributed by atoms with Gasteiger partial charge in [0.15, 0.2) is 0 Å². The first kappa shape index (κ1) is 40.9. The smallest absolute Gasteiger partial charge is 0.407 e. The van der Waals surface area contributed by atoms with Gasteiger partial charge in [0.25, 0.3) is 0 Å². The van der Waals surface area contributed by atoms with Gasteiger partial charge in [-0.15, -0.1) is 0 Å². The molecule has 1 aliphatic heterocycles. The van der Waals surface area contributed by atoms with Gasteiger partial charge in [0.05, 0.1) is 12.1 Å². The van der Waals surface area contributed by atoms with Gasteiger partial charge in [-0.05, 0) is 75.5 Å². The fourth-order valence-corrected chi connectivity index (χ4v) is 6.40. The maximum absolute atomic E-state index is 14.1. The second kappa shape index (κ2) is 19.8. The summed E-state index contributed by atoms with van der Waals surface area (Å²) >= 11 is 0. The molecule has 3 aromatic rings. The molecule has 1 saturated heterocycles. The zero-order chi connectivity index (χ0) is 38.4. The van der Waals surface area contributed by atoms with Crippen LogP contribution in [0.25, 0.3) is 0 Å². The highest BCUT2D eigenvalue weighted by Crippen LogP contribution is 2.21. The number of amides is 4. The summed E-state index contributed by atoms with van der Waals surface area (Å²) in [6.07, 6.45) is -0.470. The van der Waals surface area contributed by atoms with E-state index in [2.05, 4.69) is 16.0 Å². The van der Waals surface area contributed by atoms with Crippen LogP contribution in [0.2, 0.25) is 0 Å². The van der Waals surface area contributed by atoms with E-state index in [0.717, 1.165) is 16.7 Å². The number of carbonyl (C=O) groups is 4. The van der Waals surface area contributed by atoms with E-state index in [0.29, 0.717) is 38.8 Å². The van der Waals surface area contributed by atoms with E-state index in [1.807, 2.05) is 105 Å². The molecule has 0 saturated carbocycles. The number of alkyl carbamates (subject to hydrolysis) is 2. The molecule has 0 spiro atoms. The summed E-state index contributed by atoms with van der Waals surface area (Å²) in [4.78, 5) is 55.1. The summed E-state index contributed by atoms with van der Waals surface area (Å²) < 4.78 is 10.9. The molecule has 11 nitrogen and oxygen atoms in total. The molecule has 0 aliphatic carbocycles. The fourth-order valence-electron chi connectivity index (χ4n) is 6.40. The molecule has 4 unspecified atom stereocenters. The third-order valence-electron chi connectivity index (χ3n) is 9.26. The molecule has 53 heavy (non-hydrogen) atoms. The molecule has 3 aromatic carbocycles. The number of rotatable bonds is 15. The molecule has 1 fully saturated rings. The SMILES string of the molecule is CC(C)C(NC(=O)C(Cc1ccccc1)CC(O)C(Cc1ccccc1)NC(=O)OC(C)(C)C)C(=O)N1CCC(NC(=O)OCc2ccccc2)CC1. The number of hydrogen-bond donors (Lipinski definition) is 4. The highest BCUT2D eigenvalue weighted by Gasteiger charge is 2.35. The van der Waals surface area contributed by atoms with Gasteiger partial charge < -0.3 is 35.4 Å². The van der Waals surface area contributed by atoms with Crippen LogP contribution < -0.4 is 16.0 Å². The monoisotopic (exact) mass is 728 g/mol. The number of aliphatic hydroxyl groups is 1. The third-order valence-corrected chi connectivity index (χ3v) is 9.26. The maximum Gasteiger partial charge on any atom is 0.407 e. The standard InChI is InChI=1S/C42H56N4O7/c1-29(2)37(39(49)46-23-21-34(22-24-46)43-40(50)52-28-32-19-13-8-14-20-32)45-38(48)33(25-30-15-9-6-10-16-30)27-36(47)35(26-31-17-11-7-12-18-31)44-41(51)53-42(3,4)5/h6-20,29,33-37,47H,21-28H2,1-5H3,(H,43,50)(H,44,51)(H,45,48). The Morgan fingerprint density at radius 1 is 0.774 bits per heavy atom. The summed E-state index contributed by atoms with van der Waals surface area (Å²) in [5, 5.41) is 20.5. The predicted molar refractivity (Wildman–Crippen MR) is 204 cm³/mol. The molecule has 1 aliphatic rings. The molecule has 4 N–H and O–H groups in total. The minimum Gasteiger partial charge on any atom is -0.445 e. The minimum atomic E-state index is -1.11. The lowest BCUT2D eigenvalue weighted by Gasteiger charge is -2.36. The van der Waals surface area contributed by atoms with Crippen LogP contribution >= 0.6 is 0 Å². The van der Waals surface area contributed by atoms with Gasteiger partial charge in [-0.3, -0.25) is 9.59 Å². The molecule has 0 aromatic heterocycles. The molecule has 11 heteroatoms. The number of nitrogens with zero attached hydrogens (tertiary/aromatic N) is 1. The van der Waals surface area contributed by atoms with Crippen LogP contribution in [0.15, 0.2) is 91.0 Å². The fraction of sp³-hybridized carbons (Fsp3) is 0.476. The Morgan fingerprint density at radius 3 is 1.83 bits per heavy atom. The molecule has 4 atom stereocenters. The molecular weight excluding hydrogens is 672 g/mol. The number of ether oxygens (including phenoxy) is 2. The van der Waals surface area contributed by atoms with E-state index in [1.165, 1.54) is 0 Å². The number of likely N-dealkylation sites (tertiary alicyclic amines) is 1. The summed E-state index contributed by atoms with van der Waals surface area (Å²) in [5.41, 5.74) is 1.98. The molecule has 4 rings (SSSR count). The molecular formula is C42H56N4O7. The highest BCUT2D eigenvalue weighted by molar-refractivity contribution is 5.89. The summed E-state index contributed by atoms with van der Waals surface area (Å²) in [6, 6.07) is 26.8. The summed E-state index contributed by atoms with van der Waals surface area (Å²) in [5.74, 6) is -1.46. The number of benzene rings is 3. The first-order valence-corrected chi connectivity index (χ1v) is 18.6. The zero-order valence-corrected chi connectivity index (χ0v) is 31.6. The quantitative estimate of drug-likeness (QED) is 0.155. The first-order chi connectivity index (χ1) is 25.3. The van der Waals surface area contributed by atoms with Gasteiger partial charge in [0, 0.05) is 25.0 Å². The largest absolute Gasteiger partial charge is 0.445 e. The van der Waals surface area contributed by atoms with Crippen LogP contribution in [0.1, 0.15) is 70.6 Å². The normalized spacial score (nSPS) is 15.8. The second-order valence-electron chi connectivity index (χ2n) is 15.2. The van der Waals surface area contributed by atoms with Gasteiger partial charge in [-0.25, -0.2) is 9.59 Å². The first-order valence-electron chi connectivity index (χ1n) is 18.6. The van der Waals surface area contributed by atoms with Crippen LogP contribution in [0, 0.1) is 11.8 Å². The number of carbonyl (C=O) groups excluding carboxylic acids is 4. The van der Waals surface area contributed by atoms with Gasteiger partial charge in [-0.2, -0.15) is 0 Å². The molecule has 4 amide bonds. The van der Waals surface area contributed by atoms with Crippen LogP contribution in [0.3, 0.4) is 0 Å². The Bertz CT molecular complexity index is 1590. The number of nitrogens with one attached hydrogen (secondary N) is 3. The van der Waals surface area contributed by atoms with E-state index in [4.69, 9.17) is 9.47 Å². The Morgan fingerprint density at radius 2 is 1.30 bits per heavy atom. The summed E-state index contributed by atoms with van der Waals surface area (Å²) in [6.45, 7) is 10.1. The lowest BCUT2D eigenvalue weighted by molar-refractivity contribution is -0.139. The molecule has 1 heterocycles. The van der Waals surface area contributed by atoms with Crippen molar-refractivity contribution in [1.82, 2.24) is 20.9 Å². The second-order valence-corrected chi connectivity index (χ2v) is 15.2. The van der Waals surface area contributed by atoms with Gasteiger partial charge >= 0.3 is 12.2 Å². The van der Waals surface area contributed by atoms with E-state index < -0.39 is 41.9 Å². The Balaban J connectivity index is 1.41. The van der Waals surface area contributed by atoms with Crippen molar-refractivity contribution >= 4 is 24.0 Å². The van der Waals surface area contributed by atoms with E-state index in [9.17, 15) is 24.3 Å². The number of aliphatic hydroxyl groups excluding tert-OH is 1. The summed E-state index contributed by atoms with van der Waals surface area (Å²) in [7, 11) is 0. The van der Waals surface area contributed by atoms with Crippen LogP contribution in [-0.2, 0) is 38.5 Å². The minimum absolute atomic E-state index is 0.0322. The lowest BCUT2D eigenvalue weighted by atomic mass is 9.88. The Hall–Kier alpha value is -4.90. The highest BCUT2D eigenvalue weighted by atomic mass is 16.6. The van der Waals surface area contributed by atoms with Crippen molar-refractivity contribution in [3.05, 3.63) is 108 Å². The maximum atomic E-state index is 14.1. The van der Waals surface area contributed by atoms with E-state index in [-0.39, 0.29) is 36.8 Å². The third kappa shape index (κ3) is 13.9. The van der Waals surface area contributed by atoms with Gasteiger partial charge in [0.1, 0.15) is 18.2 Å². The molecule has 0 bridgehead atoms. The van der Waals surface area contributed by atoms with Crippen molar-refractivity contribution in [2.24, 2.45) is 11.8 Å². The number of piperidine rings is 1. The zero-order valence-electron chi connectivity index (χ0n) is 31.6. The molecule has 286 valence electrons. The van der Waals surface area contributed by atoms with Crippen molar-refractivity contribution in [3.63, 3.8) is 0 Å². The van der Waals surface area contributed by atoms with Gasteiger partial charge in [-0.1, -0.05) is 105 Å². The van der Waals surface area contributed by atoms with Crippen LogP contribution in [0.5, 0.6) is 0 Å². The Kier molecular flexibility index (Phi) is 15.3. The Labute approximate surface area is 313 Å². The van der Waals surface area contributed by atoms with E-state index in [1.54, 1.807) is 25.7 Å². The van der Waals surface area contributed by atoms with Crippen LogP contribution in [0.4, 0.5) is 9.59 Å². The van der Waals surface area contributed by atoms with E-state index >= 15 is 0 Å². The lowest BCUT2D eigenvalue weighted by Crippen LogP contribution is -2.56.